The van der Waals surface area contributed by atoms with Gasteiger partial charge < -0.3 is 48.1 Å². The van der Waals surface area contributed by atoms with Crippen LogP contribution >= 0.6 is 96.1 Å². The van der Waals surface area contributed by atoms with Gasteiger partial charge in [0.2, 0.25) is 17.7 Å². The Balaban J connectivity index is 0.000000371. The minimum atomic E-state index is -1.48. The quantitative estimate of drug-likeness (QED) is 0.0425. The number of likely N-dealkylation sites (tertiary alicyclic amines) is 1. The molecular formula is C49H50Br3Cl3F2N10O7S3. The monoisotopic (exact) mass is 1370 g/mol. The highest BCUT2D eigenvalue weighted by molar-refractivity contribution is 9.11. The highest BCUT2D eigenvalue weighted by atomic mass is 79.9. The number of fused-ring (bicyclic) bond motifs is 3. The van der Waals surface area contributed by atoms with Crippen LogP contribution in [0.3, 0.4) is 0 Å². The summed E-state index contributed by atoms with van der Waals surface area (Å²) in [7, 11) is 0. The Morgan fingerprint density at radius 3 is 2.18 bits per heavy atom. The number of nitrogens with zero attached hydrogens (tertiary/aromatic N) is 3. The number of hydrogen-bond acceptors (Lipinski definition) is 14. The summed E-state index contributed by atoms with van der Waals surface area (Å²) in [4.78, 5) is 72.7. The highest BCUT2D eigenvalue weighted by Gasteiger charge is 2.40. The van der Waals surface area contributed by atoms with E-state index in [0.717, 1.165) is 25.1 Å². The number of carbonyl (C=O) groups excluding carboxylic acids is 6. The van der Waals surface area contributed by atoms with Crippen molar-refractivity contribution in [2.24, 2.45) is 5.73 Å². The van der Waals surface area contributed by atoms with Gasteiger partial charge in [-0.15, -0.1) is 0 Å². The number of ether oxygens (including phenoxy) is 1. The first-order valence-corrected chi connectivity index (χ1v) is 27.2. The van der Waals surface area contributed by atoms with Crippen molar-refractivity contribution < 1.29 is 42.3 Å². The molecule has 5 aromatic carbocycles. The number of hydrogen-bond donors (Lipinski definition) is 7. The van der Waals surface area contributed by atoms with Crippen molar-refractivity contribution in [2.75, 3.05) is 64.3 Å². The largest absolute Gasteiger partial charge is 0.465 e. The van der Waals surface area contributed by atoms with Gasteiger partial charge in [-0.1, -0.05) is 94.6 Å². The summed E-state index contributed by atoms with van der Waals surface area (Å²) in [5.74, 6) is -3.30. The van der Waals surface area contributed by atoms with Gasteiger partial charge in [-0.25, -0.2) is 8.78 Å². The summed E-state index contributed by atoms with van der Waals surface area (Å²) < 4.78 is 37.7. The number of amides is 4. The fourth-order valence-electron chi connectivity index (χ4n) is 7.59. The van der Waals surface area contributed by atoms with Crippen molar-refractivity contribution in [3.8, 4) is 11.1 Å². The number of benzene rings is 5. The van der Waals surface area contributed by atoms with Gasteiger partial charge in [0.15, 0.2) is 17.3 Å². The first-order chi connectivity index (χ1) is 35.7. The number of ketones is 1. The molecular weight excluding hydrogens is 1320 g/mol. The molecule has 412 valence electrons. The third kappa shape index (κ3) is 16.6. The SMILES string of the molecule is C.CCOC(=O)CBr.NC(=O)c1nn(CC(=O)N2C[C@H](F)C[C@H]2C(=O)Nc2cccc(-c3ccc4c(c3Cl)NC(=O)CN4)c2F)c2ccccc12.Nc1ccc(Br)c(Cl)c1N.O=C1CNc2ccc(Br)c(Cl)c2C1.S.S=S. The molecule has 0 bridgehead atoms. The average molecular weight is 1370 g/mol. The molecule has 0 aliphatic carbocycles. The maximum Gasteiger partial charge on any atom is 0.316 e. The van der Waals surface area contributed by atoms with E-state index in [1.54, 1.807) is 55.5 Å². The van der Waals surface area contributed by atoms with E-state index in [1.807, 2.05) is 12.1 Å². The number of nitrogen functional groups attached to an aromatic ring is 2. The van der Waals surface area contributed by atoms with Gasteiger partial charge in [0.1, 0.15) is 24.1 Å². The highest BCUT2D eigenvalue weighted by Crippen LogP contribution is 2.42. The molecule has 2 atom stereocenters. The molecule has 77 heavy (non-hydrogen) atoms. The molecule has 4 heterocycles. The number of Topliss-reactive ketones (excluding diaryl/α,β-unsaturated/α-hetero) is 1. The lowest BCUT2D eigenvalue weighted by molar-refractivity contribution is -0.139. The van der Waals surface area contributed by atoms with Gasteiger partial charge in [-0.05, 0) is 81.2 Å². The Hall–Kier alpha value is -5.25. The van der Waals surface area contributed by atoms with E-state index in [4.69, 9.17) is 52.0 Å². The third-order valence-electron chi connectivity index (χ3n) is 11.1. The summed E-state index contributed by atoms with van der Waals surface area (Å²) in [5, 5.41) is 17.2. The van der Waals surface area contributed by atoms with Gasteiger partial charge in [0.25, 0.3) is 5.91 Å². The summed E-state index contributed by atoms with van der Waals surface area (Å²) >= 11 is 35.1. The lowest BCUT2D eigenvalue weighted by atomic mass is 10.0. The van der Waals surface area contributed by atoms with Gasteiger partial charge in [0.05, 0.1) is 75.3 Å². The zero-order valence-corrected chi connectivity index (χ0v) is 49.2. The predicted octanol–water partition coefficient (Wildman–Crippen LogP) is 10.1. The van der Waals surface area contributed by atoms with Crippen LogP contribution in [0.2, 0.25) is 15.1 Å². The smallest absolute Gasteiger partial charge is 0.316 e. The summed E-state index contributed by atoms with van der Waals surface area (Å²) in [6.45, 7) is 2.00. The Bertz CT molecular complexity index is 3140. The van der Waals surface area contributed by atoms with Crippen LogP contribution in [0, 0.1) is 5.82 Å². The second-order valence-corrected chi connectivity index (χ2v) is 19.4. The van der Waals surface area contributed by atoms with Crippen molar-refractivity contribution in [1.29, 1.82) is 0 Å². The lowest BCUT2D eigenvalue weighted by Crippen LogP contribution is -2.44. The Kier molecular flexibility index (Phi) is 26.4. The van der Waals surface area contributed by atoms with E-state index >= 15 is 4.39 Å². The van der Waals surface area contributed by atoms with Crippen molar-refractivity contribution in [1.82, 2.24) is 14.7 Å². The van der Waals surface area contributed by atoms with Crippen LogP contribution < -0.4 is 38.5 Å². The van der Waals surface area contributed by atoms with Crippen LogP contribution in [0.1, 0.15) is 36.8 Å². The number of nitrogens with one attached hydrogen (secondary N) is 4. The van der Waals surface area contributed by atoms with E-state index in [0.29, 0.717) is 68.6 Å². The maximum atomic E-state index is 15.7. The second kappa shape index (κ2) is 30.8. The molecule has 0 saturated carbocycles. The molecule has 1 saturated heterocycles. The van der Waals surface area contributed by atoms with Crippen molar-refractivity contribution in [3.05, 3.63) is 120 Å². The van der Waals surface area contributed by atoms with Crippen LogP contribution in [0.4, 0.5) is 42.9 Å². The van der Waals surface area contributed by atoms with Gasteiger partial charge in [-0.2, -0.15) is 18.6 Å². The summed E-state index contributed by atoms with van der Waals surface area (Å²) in [6.07, 6.45) is -1.33. The number of primary amides is 1. The predicted molar refractivity (Wildman–Crippen MR) is 322 cm³/mol. The molecule has 28 heteroatoms. The first-order valence-electron chi connectivity index (χ1n) is 22.0. The van der Waals surface area contributed by atoms with E-state index in [9.17, 15) is 33.2 Å². The molecule has 17 nitrogen and oxygen atoms in total. The molecule has 0 spiro atoms. The molecule has 10 N–H and O–H groups in total. The lowest BCUT2D eigenvalue weighted by Gasteiger charge is -2.24. The number of anilines is 6. The van der Waals surface area contributed by atoms with Gasteiger partial charge in [0, 0.05) is 71.9 Å². The van der Waals surface area contributed by atoms with Gasteiger partial charge >= 0.3 is 5.97 Å². The number of para-hydroxylation sites is 1. The second-order valence-electron chi connectivity index (χ2n) is 15.9. The zero-order valence-electron chi connectivity index (χ0n) is 39.6. The summed E-state index contributed by atoms with van der Waals surface area (Å²) in [5.41, 5.74) is 20.7. The standard InChI is InChI=1S/C29H24ClF2N7O4.C9H7BrClNO.C6H6BrClN2.C4H7BrO2.CH4.S2.H2S/c30-24-15(8-9-19-27(24)36-22(40)11-34-19)16-5-3-6-18(25(16)32)35-29(43)21-10-14(31)12-38(21)23(41)13-39-20-7-2-1-4-17(20)26(37-39)28(33)42;10-7-1-2-8-6(9(7)11)3-5(13)4-12-8;7-3-1-2-4(9)6(10)5(3)8;1-2-7-4(6)3-5;;1-2;/h1-9,14,21,34H,10-13H2,(H2,33,42)(H,35,43)(H,36,40);1-2,12H,3-4H2;1-2H,9-10H2;2-3H2,1H3;1H4;;1H2/t14-,21+;;;;;;/m1....../s1. The maximum absolute atomic E-state index is 15.7. The molecule has 3 aliphatic heterocycles. The molecule has 9 rings (SSSR count). The summed E-state index contributed by atoms with van der Waals surface area (Å²) in [6, 6.07) is 20.3. The third-order valence-corrected chi connectivity index (χ3v) is 14.5. The number of esters is 1. The molecule has 0 radical (unpaired) electrons. The number of alkyl halides is 2. The van der Waals surface area contributed by atoms with Crippen molar-refractivity contribution in [3.63, 3.8) is 0 Å². The van der Waals surface area contributed by atoms with E-state index < -0.39 is 35.8 Å². The number of rotatable bonds is 8. The van der Waals surface area contributed by atoms with Crippen LogP contribution in [-0.2, 0) is 64.1 Å². The van der Waals surface area contributed by atoms with Crippen LogP contribution in [0.25, 0.3) is 22.0 Å². The van der Waals surface area contributed by atoms with Crippen molar-refractivity contribution in [2.45, 2.75) is 46.0 Å². The Morgan fingerprint density at radius 1 is 0.883 bits per heavy atom. The normalized spacial score (nSPS) is 14.5. The van der Waals surface area contributed by atoms with E-state index in [1.165, 1.54) is 22.9 Å². The fraction of sp³-hybridized carbons (Fsp3) is 0.245. The number of carbonyl (C=O) groups is 6. The molecule has 3 aliphatic rings. The number of nitrogens with two attached hydrogens (primary N) is 3. The Labute approximate surface area is 498 Å². The average Bonchev–Trinajstić information content (AvgIpc) is 3.99. The first kappa shape index (κ1) is 66.0. The number of aromatic nitrogens is 2. The molecule has 1 aromatic heterocycles. The fourth-order valence-corrected chi connectivity index (χ4v) is 9.19. The molecule has 0 unspecified atom stereocenters. The minimum Gasteiger partial charge on any atom is -0.465 e. The molecule has 4 amide bonds. The van der Waals surface area contributed by atoms with Crippen LogP contribution in [-0.4, -0.2) is 93.8 Å². The Morgan fingerprint density at radius 2 is 1.53 bits per heavy atom. The molecule has 1 fully saturated rings. The van der Waals surface area contributed by atoms with Gasteiger partial charge in [-0.3, -0.25) is 33.4 Å². The zero-order chi connectivity index (χ0) is 55.3. The minimum absolute atomic E-state index is 0. The van der Waals surface area contributed by atoms with E-state index in [2.05, 4.69) is 101 Å². The molecule has 6 aromatic rings. The van der Waals surface area contributed by atoms with Crippen molar-refractivity contribution >= 4 is 199 Å². The van der Waals surface area contributed by atoms with Crippen LogP contribution in [0.5, 0.6) is 0 Å². The topological polar surface area (TPSA) is 259 Å². The van der Waals surface area contributed by atoms with Crippen LogP contribution in [0.15, 0.2) is 87.8 Å². The van der Waals surface area contributed by atoms with E-state index in [-0.39, 0.29) is 92.2 Å². The number of halogens is 8.